The van der Waals surface area contributed by atoms with Gasteiger partial charge in [0.2, 0.25) is 17.7 Å². The van der Waals surface area contributed by atoms with E-state index < -0.39 is 154 Å². The molecule has 0 aliphatic carbocycles. The predicted octanol–water partition coefficient (Wildman–Crippen LogP) is -4.50. The Balaban J connectivity index is 0.000000161. The lowest BCUT2D eigenvalue weighted by molar-refractivity contribution is -0.125. The summed E-state index contributed by atoms with van der Waals surface area (Å²) in [5.41, 5.74) is 38.4. The number of nitrogen functional groups attached to an aromatic ring is 2. The summed E-state index contributed by atoms with van der Waals surface area (Å²) in [5, 5.41) is 96.1. The number of amides is 5. The Bertz CT molecular complexity index is 4060. The molecular formula is C65H92N22O17. The van der Waals surface area contributed by atoms with E-state index in [0.717, 1.165) is 12.8 Å². The number of imidazole rings is 3. The van der Waals surface area contributed by atoms with Crippen molar-refractivity contribution in [3.05, 3.63) is 122 Å². The number of rotatable bonds is 21. The Kier molecular flexibility index (Phi) is 26.2. The van der Waals surface area contributed by atoms with E-state index >= 15 is 0 Å². The topological polar surface area (TPSA) is 607 Å². The number of ether oxygens (including phenoxy) is 4. The first-order valence-electron chi connectivity index (χ1n) is 33.5. The molecule has 0 radical (unpaired) electrons. The summed E-state index contributed by atoms with van der Waals surface area (Å²) in [6.45, 7) is 13.3. The molecule has 12 rings (SSSR count). The van der Waals surface area contributed by atoms with E-state index in [9.17, 15) is 64.8 Å². The molecule has 4 fully saturated rings. The zero-order valence-corrected chi connectivity index (χ0v) is 57.4. The summed E-state index contributed by atoms with van der Waals surface area (Å²) >= 11 is 0. The van der Waals surface area contributed by atoms with Crippen molar-refractivity contribution in [3.63, 3.8) is 0 Å². The Labute approximate surface area is 595 Å². The van der Waals surface area contributed by atoms with Crippen molar-refractivity contribution in [2.24, 2.45) is 33.8 Å². The second-order valence-electron chi connectivity index (χ2n) is 25.5. The van der Waals surface area contributed by atoms with Crippen molar-refractivity contribution in [1.29, 1.82) is 0 Å². The lowest BCUT2D eigenvalue weighted by Gasteiger charge is -2.33. The molecule has 4 saturated heterocycles. The van der Waals surface area contributed by atoms with Crippen LogP contribution in [-0.4, -0.2) is 244 Å². The molecule has 5 aromatic heterocycles. The summed E-state index contributed by atoms with van der Waals surface area (Å²) in [6, 6.07) is 6.45. The van der Waals surface area contributed by atoms with Gasteiger partial charge in [-0.2, -0.15) is 0 Å². The fourth-order valence-corrected chi connectivity index (χ4v) is 12.2. The second-order valence-corrected chi connectivity index (χ2v) is 25.5. The van der Waals surface area contributed by atoms with Gasteiger partial charge in [0.15, 0.2) is 41.9 Å². The van der Waals surface area contributed by atoms with Crippen LogP contribution in [0.3, 0.4) is 0 Å². The largest absolute Gasteiger partial charge is 0.397 e. The van der Waals surface area contributed by atoms with Crippen LogP contribution in [0.5, 0.6) is 0 Å². The number of nitrogens with two attached hydrogens (primary N) is 6. The van der Waals surface area contributed by atoms with Crippen LogP contribution in [0.1, 0.15) is 92.9 Å². The fourth-order valence-electron chi connectivity index (χ4n) is 12.2. The summed E-state index contributed by atoms with van der Waals surface area (Å²) < 4.78 is 27.6. The third-order valence-corrected chi connectivity index (χ3v) is 17.9. The predicted molar refractivity (Wildman–Crippen MR) is 373 cm³/mol. The summed E-state index contributed by atoms with van der Waals surface area (Å²) in [6.07, 6.45) is 1.82. The molecule has 7 unspecified atom stereocenters. The number of fused-ring (bicyclic) bond motifs is 3. The number of aliphatic hydroxyl groups is 8. The van der Waals surface area contributed by atoms with Crippen LogP contribution in [0.25, 0.3) is 22.3 Å². The highest BCUT2D eigenvalue weighted by molar-refractivity contribution is 6.00. The first-order chi connectivity index (χ1) is 49.7. The zero-order chi connectivity index (χ0) is 75.5. The molecule has 0 spiro atoms. The Morgan fingerprint density at radius 3 is 1.44 bits per heavy atom. The molecule has 104 heavy (non-hydrogen) atoms. The smallest absolute Gasteiger partial charge is 0.279 e. The highest BCUT2D eigenvalue weighted by Crippen LogP contribution is 2.37. The SMILES string of the molecule is C=C1N=C(N)C=CN1[C@@H]1O[C@H](CO)C(O)[C@@H]1NC(=O)C(N)CCC.C=C1NC(=O)c2ncn([C@@H]3O[C@H](CO)C(O)[C@@H]3NC(=O)C(N)CCC)c2N1.CC(C)C(N)C(=O)N[C@H]1C(O)[C@@H](CO)O[C@H]1n1cnc2c(N)ccnc21.Nc1ccnc2c1ncn2[C@@H]1O[C@H](CO)C(O)[C@@H]1NC(=O)c1ccccc1. The molecule has 1 aromatic carbocycles. The Morgan fingerprint density at radius 2 is 1.00 bits per heavy atom. The molecule has 6 aliphatic heterocycles. The van der Waals surface area contributed by atoms with E-state index in [1.165, 1.54) is 29.7 Å². The van der Waals surface area contributed by atoms with Gasteiger partial charge < -0.3 is 131 Å². The van der Waals surface area contributed by atoms with Gasteiger partial charge >= 0.3 is 0 Å². The van der Waals surface area contributed by atoms with E-state index in [0.29, 0.717) is 69.6 Å². The third-order valence-electron chi connectivity index (χ3n) is 17.9. The van der Waals surface area contributed by atoms with Crippen molar-refractivity contribution in [2.45, 2.75) is 169 Å². The fraction of sp³-hybridized carbons (Fsp3) is 0.492. The molecule has 5 amide bonds. The second kappa shape index (κ2) is 34.7. The monoisotopic (exact) mass is 1450 g/mol. The minimum absolute atomic E-state index is 0.0721. The molecule has 39 heteroatoms. The van der Waals surface area contributed by atoms with E-state index in [-0.39, 0.29) is 35.9 Å². The average Bonchev–Trinajstić information content (AvgIpc) is 1.64. The van der Waals surface area contributed by atoms with Crippen LogP contribution in [0, 0.1) is 5.92 Å². The van der Waals surface area contributed by atoms with Crippen molar-refractivity contribution in [3.8, 4) is 0 Å². The van der Waals surface area contributed by atoms with Crippen LogP contribution in [0.15, 0.2) is 116 Å². The summed E-state index contributed by atoms with van der Waals surface area (Å²) in [4.78, 5) is 88.2. The molecule has 19 atom stereocenters. The van der Waals surface area contributed by atoms with Crippen molar-refractivity contribution >= 4 is 74.9 Å². The molecule has 6 aromatic rings. The van der Waals surface area contributed by atoms with Gasteiger partial charge in [-0.1, -0.05) is 71.9 Å². The van der Waals surface area contributed by atoms with Gasteiger partial charge in [0.25, 0.3) is 11.8 Å². The van der Waals surface area contributed by atoms with Gasteiger partial charge in [0, 0.05) is 24.2 Å². The van der Waals surface area contributed by atoms with Gasteiger partial charge in [-0.25, -0.2) is 29.9 Å². The van der Waals surface area contributed by atoms with Crippen LogP contribution in [0.4, 0.5) is 17.2 Å². The van der Waals surface area contributed by atoms with Crippen molar-refractivity contribution in [1.82, 2.24) is 70.1 Å². The van der Waals surface area contributed by atoms with Gasteiger partial charge in [0.1, 0.15) is 107 Å². The quantitative estimate of drug-likeness (QED) is 0.0323. The number of hydrogen-bond acceptors (Lipinski definition) is 31. The number of pyridine rings is 2. The lowest BCUT2D eigenvalue weighted by Crippen LogP contribution is -2.55. The van der Waals surface area contributed by atoms with Crippen LogP contribution < -0.4 is 66.3 Å². The zero-order valence-electron chi connectivity index (χ0n) is 57.4. The molecule has 6 aliphatic rings. The number of hydrogen-bond donors (Lipinski definition) is 20. The molecular weight excluding hydrogens is 1360 g/mol. The highest BCUT2D eigenvalue weighted by Gasteiger charge is 2.51. The minimum atomic E-state index is -1.17. The number of carbonyl (C=O) groups excluding carboxylic acids is 5. The Hall–Kier alpha value is -9.69. The van der Waals surface area contributed by atoms with Crippen LogP contribution in [-0.2, 0) is 33.3 Å². The Morgan fingerprint density at radius 1 is 0.577 bits per heavy atom. The third kappa shape index (κ3) is 17.1. The molecule has 0 saturated carbocycles. The maximum absolute atomic E-state index is 12.6. The van der Waals surface area contributed by atoms with Crippen molar-refractivity contribution < 1.29 is 83.8 Å². The number of nitrogens with zero attached hydrogens (tertiary/aromatic N) is 10. The maximum atomic E-state index is 12.6. The van der Waals surface area contributed by atoms with E-state index in [1.54, 1.807) is 68.9 Å². The molecule has 0 bridgehead atoms. The number of carbonyl (C=O) groups is 5. The number of aliphatic imine (C=N–C) groups is 1. The standard InChI is InChI=1S/C18H19N5O4.C16H24N6O5.C16H24N6O4.C15H25N5O4/c19-11-6-7-20-16-13(11)21-9-23(16)18-14(15(25)12(8-24)27-18)22-17(26)10-4-2-1-3-5-10;1-3-4-8(17)14(25)21-10-12(24)9(5-23)27-16(10)22-6-18-11-13(22)19-7(2)20-15(11)26;1-7(2)10(18)15(25)21-12-13(24)9(5-23)26-16(12)22-6-20-11-8(17)3-4-19-14(11)22;1-3-4-9(16)14(23)19-12-13(22)10(7-21)24-15(12)20-6-5-11(17)18-8(20)2/h1-7,9,12,14-15,18,24-25H,8H2,(H2,19,20)(H,22,26);6,8-10,12,16,19,23-24H,2-5,17H2,1H3,(H,20,26)(H,21,25);3-4,6-7,9-10,12-13,16,23-24H,5,18H2,1-2H3,(H2,17,19)(H,21,25);5-6,9-10,12-13,15,21-22H,2-4,7,16H2,1H3,(H2,17,18)(H,19,23)/t12-,14+,15?,18-;8?,9-,10+,12?,16-;9-,10?,12+,13?,16-;9?,10-,12+,13?,15-/m1111/s1. The van der Waals surface area contributed by atoms with Gasteiger partial charge in [-0.15, -0.1) is 0 Å². The van der Waals surface area contributed by atoms with E-state index in [4.69, 9.17) is 53.3 Å². The van der Waals surface area contributed by atoms with Crippen molar-refractivity contribution in [2.75, 3.05) is 43.2 Å². The molecule has 564 valence electrons. The van der Waals surface area contributed by atoms with Crippen LogP contribution >= 0.6 is 0 Å². The normalized spacial score (nSPS) is 27.8. The number of nitrogens with one attached hydrogen (secondary N) is 6. The highest BCUT2D eigenvalue weighted by atomic mass is 16.6. The number of aromatic nitrogens is 8. The molecule has 26 N–H and O–H groups in total. The van der Waals surface area contributed by atoms with E-state index in [1.807, 2.05) is 33.8 Å². The molecule has 11 heterocycles. The van der Waals surface area contributed by atoms with Gasteiger partial charge in [0.05, 0.1) is 74.9 Å². The number of aliphatic hydroxyl groups excluding tert-OH is 8. The lowest BCUT2D eigenvalue weighted by atomic mass is 10.0. The van der Waals surface area contributed by atoms with E-state index in [2.05, 4.69) is 75.0 Å². The number of amidine groups is 1. The number of anilines is 3. The number of benzene rings is 1. The molecule has 39 nitrogen and oxygen atoms in total. The first kappa shape index (κ1) is 78.4. The maximum Gasteiger partial charge on any atom is 0.279 e. The first-order valence-corrected chi connectivity index (χ1v) is 33.5. The average molecular weight is 1450 g/mol. The van der Waals surface area contributed by atoms with Gasteiger partial charge in [-0.05, 0) is 49.1 Å². The van der Waals surface area contributed by atoms with Crippen LogP contribution in [0.2, 0.25) is 0 Å². The summed E-state index contributed by atoms with van der Waals surface area (Å²) in [5.74, 6) is -0.917. The summed E-state index contributed by atoms with van der Waals surface area (Å²) in [7, 11) is 0. The minimum Gasteiger partial charge on any atom is -0.397 e. The van der Waals surface area contributed by atoms with Gasteiger partial charge in [-0.3, -0.25) is 37.7 Å².